The molecule has 0 aliphatic heterocycles. The van der Waals surface area contributed by atoms with Crippen LogP contribution in [0.2, 0.25) is 0 Å². The third-order valence-electron chi connectivity index (χ3n) is 4.55. The molecule has 3 rings (SSSR count). The van der Waals surface area contributed by atoms with E-state index in [1.165, 1.54) is 13.1 Å². The van der Waals surface area contributed by atoms with Crippen LogP contribution >= 0.6 is 11.7 Å². The first-order chi connectivity index (χ1) is 15.2. The van der Waals surface area contributed by atoms with Crippen LogP contribution in [-0.4, -0.2) is 49.3 Å². The van der Waals surface area contributed by atoms with Gasteiger partial charge in [-0.05, 0) is 38.1 Å². The molecule has 0 spiro atoms. The van der Waals surface area contributed by atoms with E-state index in [1.54, 1.807) is 12.1 Å². The highest BCUT2D eigenvalue weighted by molar-refractivity contribution is 6.99. The second-order valence-electron chi connectivity index (χ2n) is 7.22. The summed E-state index contributed by atoms with van der Waals surface area (Å²) in [6.07, 6.45) is 0. The molecule has 2 aromatic heterocycles. The fourth-order valence-corrected chi connectivity index (χ4v) is 3.45. The molecule has 0 aliphatic rings. The molecule has 168 valence electrons. The number of carboxylic acids is 1. The van der Waals surface area contributed by atoms with Crippen LogP contribution < -0.4 is 10.6 Å². The van der Waals surface area contributed by atoms with Crippen molar-refractivity contribution in [1.82, 2.24) is 13.6 Å². The third kappa shape index (κ3) is 5.06. The summed E-state index contributed by atoms with van der Waals surface area (Å²) in [5.41, 5.74) is 0.980. The number of hydrogen-bond acceptors (Lipinski definition) is 9. The molecule has 0 bridgehead atoms. The number of carboxylic acid groups (broad SMARTS) is 1. The molecule has 4 N–H and O–H groups in total. The van der Waals surface area contributed by atoms with Gasteiger partial charge in [0.1, 0.15) is 24.1 Å². The Morgan fingerprint density at radius 2 is 1.97 bits per heavy atom. The molecule has 3 aromatic rings. The zero-order valence-corrected chi connectivity index (χ0v) is 18.6. The summed E-state index contributed by atoms with van der Waals surface area (Å²) < 4.78 is 14.2. The van der Waals surface area contributed by atoms with Gasteiger partial charge in [-0.3, -0.25) is 9.59 Å². The minimum absolute atomic E-state index is 0.0395. The number of rotatable bonds is 9. The number of carbonyl (C=O) groups excluding carboxylic acids is 1. The summed E-state index contributed by atoms with van der Waals surface area (Å²) in [7, 11) is 1.34. The molecule has 0 aliphatic carbocycles. The van der Waals surface area contributed by atoms with Crippen molar-refractivity contribution in [2.24, 2.45) is 0 Å². The lowest BCUT2D eigenvalue weighted by Gasteiger charge is -2.18. The van der Waals surface area contributed by atoms with Gasteiger partial charge in [-0.2, -0.15) is 8.75 Å². The number of carbonyl (C=O) groups is 2. The van der Waals surface area contributed by atoms with Gasteiger partial charge in [-0.25, -0.2) is 0 Å². The second-order valence-corrected chi connectivity index (χ2v) is 7.74. The van der Waals surface area contributed by atoms with E-state index in [1.807, 2.05) is 26.0 Å². The van der Waals surface area contributed by atoms with E-state index in [9.17, 15) is 14.7 Å². The molecule has 0 saturated carbocycles. The van der Waals surface area contributed by atoms with Crippen molar-refractivity contribution in [3.8, 4) is 5.75 Å². The maximum absolute atomic E-state index is 12.5. The fraction of sp³-hybridized carbons (Fsp3) is 0.238. The molecule has 32 heavy (non-hydrogen) atoms. The lowest BCUT2D eigenvalue weighted by molar-refractivity contribution is -0.137. The third-order valence-corrected chi connectivity index (χ3v) is 5.08. The number of amides is 1. The average Bonchev–Trinajstić information content (AvgIpc) is 3.35. The molecule has 1 aromatic carbocycles. The minimum atomic E-state index is -1.15. The van der Waals surface area contributed by atoms with Crippen LogP contribution in [-0.2, 0) is 4.79 Å². The molecule has 1 atom stereocenters. The van der Waals surface area contributed by atoms with E-state index in [-0.39, 0.29) is 23.0 Å². The van der Waals surface area contributed by atoms with Crippen LogP contribution in [0.5, 0.6) is 5.75 Å². The Balaban J connectivity index is 1.84. The number of nitrogens with one attached hydrogen (secondary N) is 2. The van der Waals surface area contributed by atoms with Gasteiger partial charge in [-0.15, -0.1) is 0 Å². The smallest absolute Gasteiger partial charge is 0.323 e. The second kappa shape index (κ2) is 9.52. The molecule has 10 nitrogen and oxygen atoms in total. The number of aliphatic carboxylic acids is 1. The number of aryl methyl sites for hydroxylation is 1. The summed E-state index contributed by atoms with van der Waals surface area (Å²) in [5, 5.41) is 25.7. The SMILES string of the molecule is C=C(C)C(Nc1nsnc1Nc1cccc(C(=O)N(C)CC(=O)O)c1O)c1ccc(C)o1. The minimum Gasteiger partial charge on any atom is -0.505 e. The van der Waals surface area contributed by atoms with Crippen molar-refractivity contribution in [2.45, 2.75) is 19.9 Å². The highest BCUT2D eigenvalue weighted by atomic mass is 32.1. The van der Waals surface area contributed by atoms with Crippen LogP contribution in [0.3, 0.4) is 0 Å². The van der Waals surface area contributed by atoms with Gasteiger partial charge in [0.25, 0.3) is 5.91 Å². The van der Waals surface area contributed by atoms with E-state index >= 15 is 0 Å². The quantitative estimate of drug-likeness (QED) is 0.279. The largest absolute Gasteiger partial charge is 0.505 e. The Bertz CT molecular complexity index is 1160. The van der Waals surface area contributed by atoms with Crippen molar-refractivity contribution >= 4 is 40.9 Å². The highest BCUT2D eigenvalue weighted by Crippen LogP contribution is 2.35. The number of benzene rings is 1. The predicted octanol–water partition coefficient (Wildman–Crippen LogP) is 3.77. The van der Waals surface area contributed by atoms with Gasteiger partial charge in [0, 0.05) is 7.05 Å². The lowest BCUT2D eigenvalue weighted by atomic mass is 10.1. The van der Waals surface area contributed by atoms with Crippen molar-refractivity contribution in [3.63, 3.8) is 0 Å². The average molecular weight is 458 g/mol. The van der Waals surface area contributed by atoms with Crippen molar-refractivity contribution in [3.05, 3.63) is 59.6 Å². The molecular formula is C21H23N5O5S. The molecule has 1 amide bonds. The number of aromatic hydroxyl groups is 1. The zero-order valence-electron chi connectivity index (χ0n) is 17.7. The number of likely N-dealkylation sites (N-methyl/N-ethyl adjacent to an activating group) is 1. The summed E-state index contributed by atoms with van der Waals surface area (Å²) in [5.74, 6) is 0.0794. The van der Waals surface area contributed by atoms with Crippen molar-refractivity contribution in [1.29, 1.82) is 0 Å². The highest BCUT2D eigenvalue weighted by Gasteiger charge is 2.22. The van der Waals surface area contributed by atoms with Crippen LogP contribution in [0.1, 0.15) is 34.8 Å². The van der Waals surface area contributed by atoms with Crippen LogP contribution in [0, 0.1) is 6.92 Å². The van der Waals surface area contributed by atoms with Gasteiger partial charge in [0.05, 0.1) is 23.0 Å². The van der Waals surface area contributed by atoms with Gasteiger partial charge in [-0.1, -0.05) is 18.2 Å². The predicted molar refractivity (Wildman–Crippen MR) is 121 cm³/mol. The number of phenols is 1. The number of aromatic nitrogens is 2. The topological polar surface area (TPSA) is 141 Å². The zero-order chi connectivity index (χ0) is 23.4. The van der Waals surface area contributed by atoms with Crippen LogP contribution in [0.15, 0.2) is 46.9 Å². The fourth-order valence-electron chi connectivity index (χ4n) is 2.97. The first-order valence-electron chi connectivity index (χ1n) is 9.54. The molecular weight excluding hydrogens is 434 g/mol. The molecule has 1 unspecified atom stereocenters. The van der Waals surface area contributed by atoms with E-state index in [0.717, 1.165) is 28.0 Å². The molecule has 0 fully saturated rings. The van der Waals surface area contributed by atoms with Gasteiger partial charge < -0.3 is 30.2 Å². The number of para-hydroxylation sites is 1. The molecule has 2 heterocycles. The maximum Gasteiger partial charge on any atom is 0.323 e. The Hall–Kier alpha value is -3.86. The first-order valence-corrected chi connectivity index (χ1v) is 10.3. The number of nitrogens with zero attached hydrogens (tertiary/aromatic N) is 3. The number of furan rings is 1. The Morgan fingerprint density at radius 3 is 2.59 bits per heavy atom. The maximum atomic E-state index is 12.5. The van der Waals surface area contributed by atoms with Gasteiger partial charge in [0.2, 0.25) is 0 Å². The van der Waals surface area contributed by atoms with Gasteiger partial charge >= 0.3 is 5.97 Å². The monoisotopic (exact) mass is 457 g/mol. The lowest BCUT2D eigenvalue weighted by Crippen LogP contribution is -2.32. The van der Waals surface area contributed by atoms with Gasteiger partial charge in [0.15, 0.2) is 17.4 Å². The van der Waals surface area contributed by atoms with Crippen molar-refractivity contribution < 1.29 is 24.2 Å². The molecule has 0 radical (unpaired) electrons. The van der Waals surface area contributed by atoms with E-state index < -0.39 is 18.4 Å². The summed E-state index contributed by atoms with van der Waals surface area (Å²) in [6, 6.07) is 7.91. The number of phenolic OH excluding ortho intramolecular Hbond substituents is 1. The van der Waals surface area contributed by atoms with E-state index in [4.69, 9.17) is 9.52 Å². The Labute approximate surface area is 188 Å². The van der Waals surface area contributed by atoms with E-state index in [0.29, 0.717) is 17.4 Å². The van der Waals surface area contributed by atoms with Crippen LogP contribution in [0.4, 0.5) is 17.3 Å². The Morgan fingerprint density at radius 1 is 1.25 bits per heavy atom. The molecule has 11 heteroatoms. The van der Waals surface area contributed by atoms with Crippen molar-refractivity contribution in [2.75, 3.05) is 24.2 Å². The Kier molecular flexibility index (Phi) is 6.79. The molecule has 0 saturated heterocycles. The summed E-state index contributed by atoms with van der Waals surface area (Å²) >= 11 is 0.960. The first kappa shape index (κ1) is 22.8. The van der Waals surface area contributed by atoms with E-state index in [2.05, 4.69) is 26.0 Å². The van der Waals surface area contributed by atoms with Crippen LogP contribution in [0.25, 0.3) is 0 Å². The number of hydrogen-bond donors (Lipinski definition) is 4. The normalized spacial score (nSPS) is 11.6. The summed E-state index contributed by atoms with van der Waals surface area (Å²) in [6.45, 7) is 7.22. The summed E-state index contributed by atoms with van der Waals surface area (Å²) in [4.78, 5) is 24.4. The number of anilines is 3. The standard InChI is InChI=1S/C21H23N5O5S/c1-11(2)17(15-9-8-12(3)31-15)23-20-19(24-32-25-20)22-14-7-5-6-13(18(14)29)21(30)26(4)10-16(27)28/h5-9,17,29H,1,10H2,2-4H3,(H,22,24)(H,23,25)(H,27,28).